The third-order valence-electron chi connectivity index (χ3n) is 4.70. The third kappa shape index (κ3) is 2.49. The number of aromatic nitrogens is 1. The maximum absolute atomic E-state index is 12.4. The standard InChI is InChI=1S/C18H19N3O3/c1-10-5-4-8-19-15(10)18(23)21-12-9-14-16(17(12)22)20-11-6-2-3-7-13(11)24-14/h2-8,12,14,16-17,20,22H,9H2,1H3,(H,21,23)/t12-,14-,16-,17-/m1/s1. The molecule has 1 aromatic heterocycles. The summed E-state index contributed by atoms with van der Waals surface area (Å²) in [4.78, 5) is 16.6. The smallest absolute Gasteiger partial charge is 0.270 e. The number of hydrogen-bond acceptors (Lipinski definition) is 5. The topological polar surface area (TPSA) is 83.5 Å². The summed E-state index contributed by atoms with van der Waals surface area (Å²) in [6, 6.07) is 10.7. The summed E-state index contributed by atoms with van der Waals surface area (Å²) in [6.07, 6.45) is 1.24. The van der Waals surface area contributed by atoms with Crippen molar-refractivity contribution in [3.63, 3.8) is 0 Å². The minimum absolute atomic E-state index is 0.176. The van der Waals surface area contributed by atoms with Gasteiger partial charge < -0.3 is 20.5 Å². The number of nitrogens with zero attached hydrogens (tertiary/aromatic N) is 1. The molecule has 4 rings (SSSR count). The summed E-state index contributed by atoms with van der Waals surface area (Å²) in [7, 11) is 0. The van der Waals surface area contributed by atoms with Crippen LogP contribution in [-0.4, -0.2) is 40.3 Å². The van der Waals surface area contributed by atoms with Crippen LogP contribution in [0.1, 0.15) is 22.5 Å². The minimum Gasteiger partial charge on any atom is -0.486 e. The predicted octanol–water partition coefficient (Wildman–Crippen LogP) is 1.49. The monoisotopic (exact) mass is 325 g/mol. The van der Waals surface area contributed by atoms with Crippen molar-refractivity contribution in [1.29, 1.82) is 0 Å². The van der Waals surface area contributed by atoms with E-state index in [4.69, 9.17) is 4.74 Å². The SMILES string of the molecule is Cc1cccnc1C(=O)N[C@@H]1C[C@H]2Oc3ccccc3N[C@H]2[C@@H]1O. The highest BCUT2D eigenvalue weighted by atomic mass is 16.5. The number of carbonyl (C=O) groups is 1. The highest BCUT2D eigenvalue weighted by Gasteiger charge is 2.47. The second-order valence-corrected chi connectivity index (χ2v) is 6.30. The molecule has 2 heterocycles. The Morgan fingerprint density at radius 1 is 1.33 bits per heavy atom. The highest BCUT2D eigenvalue weighted by Crippen LogP contribution is 2.37. The Labute approximate surface area is 139 Å². The molecule has 0 spiro atoms. The first-order chi connectivity index (χ1) is 11.6. The first kappa shape index (κ1) is 15.0. The number of aliphatic hydroxyl groups excluding tert-OH is 1. The fourth-order valence-electron chi connectivity index (χ4n) is 3.44. The number of aliphatic hydroxyl groups is 1. The zero-order chi connectivity index (χ0) is 16.7. The zero-order valence-corrected chi connectivity index (χ0v) is 13.3. The minimum atomic E-state index is -0.726. The fraction of sp³-hybridized carbons (Fsp3) is 0.333. The molecule has 1 aromatic carbocycles. The lowest BCUT2D eigenvalue weighted by molar-refractivity contribution is 0.0848. The summed E-state index contributed by atoms with van der Waals surface area (Å²) in [5, 5.41) is 16.8. The van der Waals surface area contributed by atoms with Gasteiger partial charge >= 0.3 is 0 Å². The van der Waals surface area contributed by atoms with Gasteiger partial charge in [0, 0.05) is 12.6 Å². The van der Waals surface area contributed by atoms with E-state index < -0.39 is 6.10 Å². The Kier molecular flexibility index (Phi) is 3.61. The molecule has 0 saturated heterocycles. The summed E-state index contributed by atoms with van der Waals surface area (Å²) in [5.74, 6) is 0.506. The zero-order valence-electron chi connectivity index (χ0n) is 13.3. The molecule has 6 heteroatoms. The van der Waals surface area contributed by atoms with Crippen molar-refractivity contribution in [2.24, 2.45) is 0 Å². The number of nitrogens with one attached hydrogen (secondary N) is 2. The van der Waals surface area contributed by atoms with E-state index in [1.54, 1.807) is 12.3 Å². The Morgan fingerprint density at radius 3 is 3.00 bits per heavy atom. The van der Waals surface area contributed by atoms with Crippen molar-refractivity contribution >= 4 is 11.6 Å². The second-order valence-electron chi connectivity index (χ2n) is 6.30. The van der Waals surface area contributed by atoms with E-state index >= 15 is 0 Å². The number of amides is 1. The van der Waals surface area contributed by atoms with Crippen molar-refractivity contribution in [2.45, 2.75) is 37.6 Å². The summed E-state index contributed by atoms with van der Waals surface area (Å²) >= 11 is 0. The van der Waals surface area contributed by atoms with Crippen molar-refractivity contribution < 1.29 is 14.6 Å². The van der Waals surface area contributed by atoms with E-state index in [0.717, 1.165) is 17.0 Å². The van der Waals surface area contributed by atoms with Gasteiger partial charge in [-0.2, -0.15) is 0 Å². The van der Waals surface area contributed by atoms with Crippen molar-refractivity contribution in [2.75, 3.05) is 5.32 Å². The number of carbonyl (C=O) groups excluding carboxylic acids is 1. The quantitative estimate of drug-likeness (QED) is 0.779. The molecule has 124 valence electrons. The van der Waals surface area contributed by atoms with E-state index in [0.29, 0.717) is 12.1 Å². The fourth-order valence-corrected chi connectivity index (χ4v) is 3.44. The van der Waals surface area contributed by atoms with Gasteiger partial charge in [0.2, 0.25) is 0 Å². The molecule has 0 unspecified atom stereocenters. The van der Waals surface area contributed by atoms with Crippen LogP contribution >= 0.6 is 0 Å². The predicted molar refractivity (Wildman–Crippen MR) is 89.1 cm³/mol. The molecule has 1 aliphatic heterocycles. The lowest BCUT2D eigenvalue weighted by Gasteiger charge is -2.31. The second kappa shape index (κ2) is 5.79. The Bertz CT molecular complexity index is 780. The Hall–Kier alpha value is -2.60. The van der Waals surface area contributed by atoms with E-state index in [-0.39, 0.29) is 24.1 Å². The number of rotatable bonds is 2. The van der Waals surface area contributed by atoms with Crippen LogP contribution in [-0.2, 0) is 0 Å². The lowest BCUT2D eigenvalue weighted by Crippen LogP contribution is -2.47. The molecule has 1 fully saturated rings. The molecular formula is C18H19N3O3. The summed E-state index contributed by atoms with van der Waals surface area (Å²) in [5.41, 5.74) is 2.06. The van der Waals surface area contributed by atoms with Crippen LogP contribution in [0.25, 0.3) is 0 Å². The summed E-state index contributed by atoms with van der Waals surface area (Å²) < 4.78 is 5.98. The number of pyridine rings is 1. The molecule has 2 aliphatic rings. The first-order valence-corrected chi connectivity index (χ1v) is 8.06. The van der Waals surface area contributed by atoms with E-state index in [1.165, 1.54) is 0 Å². The molecular weight excluding hydrogens is 306 g/mol. The van der Waals surface area contributed by atoms with Gasteiger partial charge in [0.1, 0.15) is 17.5 Å². The van der Waals surface area contributed by atoms with Gasteiger partial charge in [-0.1, -0.05) is 18.2 Å². The molecule has 24 heavy (non-hydrogen) atoms. The molecule has 0 radical (unpaired) electrons. The van der Waals surface area contributed by atoms with Gasteiger partial charge in [0.25, 0.3) is 5.91 Å². The maximum Gasteiger partial charge on any atom is 0.270 e. The van der Waals surface area contributed by atoms with Crippen LogP contribution in [0.5, 0.6) is 5.75 Å². The van der Waals surface area contributed by atoms with Crippen LogP contribution in [0.4, 0.5) is 5.69 Å². The average Bonchev–Trinajstić information content (AvgIpc) is 2.88. The number of anilines is 1. The molecule has 1 saturated carbocycles. The molecule has 6 nitrogen and oxygen atoms in total. The number of fused-ring (bicyclic) bond motifs is 2. The van der Waals surface area contributed by atoms with E-state index in [2.05, 4.69) is 15.6 Å². The number of ether oxygens (including phenoxy) is 1. The van der Waals surface area contributed by atoms with Crippen LogP contribution in [0.3, 0.4) is 0 Å². The van der Waals surface area contributed by atoms with Gasteiger partial charge in [0.15, 0.2) is 0 Å². The Morgan fingerprint density at radius 2 is 2.17 bits per heavy atom. The van der Waals surface area contributed by atoms with Gasteiger partial charge in [0.05, 0.1) is 23.9 Å². The highest BCUT2D eigenvalue weighted by molar-refractivity contribution is 5.93. The van der Waals surface area contributed by atoms with Gasteiger partial charge in [-0.25, -0.2) is 0 Å². The number of benzene rings is 1. The molecule has 1 amide bonds. The van der Waals surface area contributed by atoms with Crippen LogP contribution < -0.4 is 15.4 Å². The van der Waals surface area contributed by atoms with E-state index in [9.17, 15) is 9.90 Å². The first-order valence-electron chi connectivity index (χ1n) is 8.06. The molecule has 4 atom stereocenters. The van der Waals surface area contributed by atoms with Gasteiger partial charge in [-0.05, 0) is 30.7 Å². The normalized spacial score (nSPS) is 27.4. The van der Waals surface area contributed by atoms with Crippen molar-refractivity contribution in [3.05, 3.63) is 53.9 Å². The molecule has 2 aromatic rings. The lowest BCUT2D eigenvalue weighted by atomic mass is 10.1. The number of para-hydroxylation sites is 2. The average molecular weight is 325 g/mol. The van der Waals surface area contributed by atoms with Crippen molar-refractivity contribution in [1.82, 2.24) is 10.3 Å². The van der Waals surface area contributed by atoms with Gasteiger partial charge in [-0.15, -0.1) is 0 Å². The van der Waals surface area contributed by atoms with Crippen LogP contribution in [0, 0.1) is 6.92 Å². The van der Waals surface area contributed by atoms with E-state index in [1.807, 2.05) is 37.3 Å². The maximum atomic E-state index is 12.4. The molecule has 0 bridgehead atoms. The third-order valence-corrected chi connectivity index (χ3v) is 4.70. The largest absolute Gasteiger partial charge is 0.486 e. The van der Waals surface area contributed by atoms with Crippen molar-refractivity contribution in [3.8, 4) is 5.75 Å². The number of hydrogen-bond donors (Lipinski definition) is 3. The number of aryl methyl sites for hydroxylation is 1. The molecule has 3 N–H and O–H groups in total. The van der Waals surface area contributed by atoms with Gasteiger partial charge in [-0.3, -0.25) is 9.78 Å². The van der Waals surface area contributed by atoms with Crippen LogP contribution in [0.15, 0.2) is 42.6 Å². The Balaban J connectivity index is 1.50. The summed E-state index contributed by atoms with van der Waals surface area (Å²) in [6.45, 7) is 1.84. The molecule has 1 aliphatic carbocycles. The van der Waals surface area contributed by atoms with Crippen LogP contribution in [0.2, 0.25) is 0 Å².